The fraction of sp³-hybridized carbons (Fsp3) is 0.133. The van der Waals surface area contributed by atoms with E-state index in [0.717, 1.165) is 6.29 Å². The third kappa shape index (κ3) is 3.27. The van der Waals surface area contributed by atoms with Crippen molar-refractivity contribution in [2.75, 3.05) is 7.11 Å². The molecule has 0 unspecified atom stereocenters. The van der Waals surface area contributed by atoms with E-state index in [1.165, 1.54) is 19.2 Å². The largest absolute Gasteiger partial charge is 0.496 e. The van der Waals surface area contributed by atoms with Crippen LogP contribution in [0, 0.1) is 5.82 Å². The zero-order valence-electron chi connectivity index (χ0n) is 10.7. The predicted molar refractivity (Wildman–Crippen MR) is 74.1 cm³/mol. The first kappa shape index (κ1) is 14.3. The molecule has 3 nitrogen and oxygen atoms in total. The summed E-state index contributed by atoms with van der Waals surface area (Å²) >= 11 is 5.60. The first-order chi connectivity index (χ1) is 9.63. The molecule has 0 aliphatic rings. The van der Waals surface area contributed by atoms with E-state index in [9.17, 15) is 9.18 Å². The minimum absolute atomic E-state index is 0.0397. The highest BCUT2D eigenvalue weighted by molar-refractivity contribution is 6.30. The number of ether oxygens (including phenoxy) is 2. The van der Waals surface area contributed by atoms with Crippen LogP contribution in [0.5, 0.6) is 11.5 Å². The van der Waals surface area contributed by atoms with Gasteiger partial charge in [0.15, 0.2) is 0 Å². The van der Waals surface area contributed by atoms with Gasteiger partial charge in [0.25, 0.3) is 0 Å². The van der Waals surface area contributed by atoms with Gasteiger partial charge in [0.1, 0.15) is 30.2 Å². The van der Waals surface area contributed by atoms with Crippen molar-refractivity contribution in [1.29, 1.82) is 0 Å². The van der Waals surface area contributed by atoms with Crippen LogP contribution in [-0.2, 0) is 6.61 Å². The smallest absolute Gasteiger partial charge is 0.150 e. The molecular formula is C15H12ClFO3. The lowest BCUT2D eigenvalue weighted by Crippen LogP contribution is -2.00. The molecule has 0 aromatic heterocycles. The first-order valence-corrected chi connectivity index (χ1v) is 6.22. The Morgan fingerprint density at radius 1 is 1.25 bits per heavy atom. The third-order valence-electron chi connectivity index (χ3n) is 2.73. The Kier molecular flexibility index (Phi) is 4.58. The van der Waals surface area contributed by atoms with E-state index in [1.54, 1.807) is 24.3 Å². The van der Waals surface area contributed by atoms with Crippen LogP contribution >= 0.6 is 11.6 Å². The monoisotopic (exact) mass is 294 g/mol. The van der Waals surface area contributed by atoms with E-state index in [0.29, 0.717) is 22.6 Å². The Morgan fingerprint density at radius 3 is 2.70 bits per heavy atom. The molecule has 0 bridgehead atoms. The molecule has 2 aromatic carbocycles. The Balaban J connectivity index is 2.17. The van der Waals surface area contributed by atoms with E-state index in [-0.39, 0.29) is 11.6 Å². The van der Waals surface area contributed by atoms with Crippen LogP contribution in [0.3, 0.4) is 0 Å². The first-order valence-electron chi connectivity index (χ1n) is 5.84. The molecule has 2 aromatic rings. The van der Waals surface area contributed by atoms with Gasteiger partial charge in [-0.25, -0.2) is 4.39 Å². The molecular weight excluding hydrogens is 283 g/mol. The normalized spacial score (nSPS) is 10.2. The average molecular weight is 295 g/mol. The number of carbonyl (C=O) groups is 1. The summed E-state index contributed by atoms with van der Waals surface area (Å²) in [6.45, 7) is 0.159. The van der Waals surface area contributed by atoms with Crippen LogP contribution in [-0.4, -0.2) is 13.4 Å². The minimum atomic E-state index is -0.544. The maximum absolute atomic E-state index is 13.3. The highest BCUT2D eigenvalue weighted by atomic mass is 35.5. The topological polar surface area (TPSA) is 35.5 Å². The van der Waals surface area contributed by atoms with Crippen LogP contribution in [0.15, 0.2) is 36.4 Å². The summed E-state index contributed by atoms with van der Waals surface area (Å²) in [7, 11) is 1.53. The summed E-state index contributed by atoms with van der Waals surface area (Å²) in [5.74, 6) is 0.410. The lowest BCUT2D eigenvalue weighted by Gasteiger charge is -2.11. The molecule has 0 radical (unpaired) electrons. The van der Waals surface area contributed by atoms with Gasteiger partial charge >= 0.3 is 0 Å². The second-order valence-electron chi connectivity index (χ2n) is 4.05. The Hall–Kier alpha value is -2.07. The minimum Gasteiger partial charge on any atom is -0.496 e. The van der Waals surface area contributed by atoms with Gasteiger partial charge in [-0.2, -0.15) is 0 Å². The summed E-state index contributed by atoms with van der Waals surface area (Å²) in [6, 6.07) is 9.20. The standard InChI is InChI=1S/C15H12ClFO3/c1-19-15-5-2-10(8-18)6-11(15)9-20-12-3-4-13(16)14(17)7-12/h2-8H,9H2,1H3. The lowest BCUT2D eigenvalue weighted by molar-refractivity contribution is 0.112. The van der Waals surface area contributed by atoms with Crippen LogP contribution in [0.2, 0.25) is 5.02 Å². The van der Waals surface area contributed by atoms with Gasteiger partial charge in [-0.1, -0.05) is 11.6 Å². The van der Waals surface area contributed by atoms with Crippen molar-refractivity contribution >= 4 is 17.9 Å². The van der Waals surface area contributed by atoms with E-state index in [1.807, 2.05) is 0 Å². The van der Waals surface area contributed by atoms with E-state index < -0.39 is 5.82 Å². The number of hydrogen-bond donors (Lipinski definition) is 0. The zero-order chi connectivity index (χ0) is 14.5. The molecule has 0 atom stereocenters. The molecule has 0 saturated carbocycles. The fourth-order valence-electron chi connectivity index (χ4n) is 1.71. The molecule has 0 aliphatic carbocycles. The van der Waals surface area contributed by atoms with Gasteiger partial charge < -0.3 is 9.47 Å². The summed E-state index contributed by atoms with van der Waals surface area (Å²) in [4.78, 5) is 10.8. The Morgan fingerprint density at radius 2 is 2.05 bits per heavy atom. The highest BCUT2D eigenvalue weighted by Gasteiger charge is 2.07. The van der Waals surface area contributed by atoms with E-state index in [4.69, 9.17) is 21.1 Å². The Bertz CT molecular complexity index is 629. The average Bonchev–Trinajstić information content (AvgIpc) is 2.48. The van der Waals surface area contributed by atoms with Crippen LogP contribution in [0.1, 0.15) is 15.9 Å². The molecule has 0 fully saturated rings. The van der Waals surface area contributed by atoms with Gasteiger partial charge in [0, 0.05) is 17.2 Å². The second-order valence-corrected chi connectivity index (χ2v) is 4.46. The number of aldehydes is 1. The summed E-state index contributed by atoms with van der Waals surface area (Å²) in [5.41, 5.74) is 1.22. The molecule has 0 amide bonds. The molecule has 0 aliphatic heterocycles. The van der Waals surface area contributed by atoms with Crippen molar-refractivity contribution in [3.05, 3.63) is 58.4 Å². The SMILES string of the molecule is COc1ccc(C=O)cc1COc1ccc(Cl)c(F)c1. The molecule has 104 valence electrons. The highest BCUT2D eigenvalue weighted by Crippen LogP contribution is 2.24. The van der Waals surface area contributed by atoms with Crippen molar-refractivity contribution in [2.24, 2.45) is 0 Å². The number of halogens is 2. The van der Waals surface area contributed by atoms with Gasteiger partial charge in [-0.05, 0) is 30.3 Å². The quantitative estimate of drug-likeness (QED) is 0.785. The van der Waals surface area contributed by atoms with Gasteiger partial charge in [-0.3, -0.25) is 4.79 Å². The fourth-order valence-corrected chi connectivity index (χ4v) is 1.83. The number of hydrogen-bond acceptors (Lipinski definition) is 3. The van der Waals surface area contributed by atoms with Gasteiger partial charge in [0.2, 0.25) is 0 Å². The van der Waals surface area contributed by atoms with Crippen LogP contribution in [0.25, 0.3) is 0 Å². The maximum Gasteiger partial charge on any atom is 0.150 e. The van der Waals surface area contributed by atoms with Crippen LogP contribution in [0.4, 0.5) is 4.39 Å². The molecule has 0 saturated heterocycles. The number of carbonyl (C=O) groups excluding carboxylic acids is 1. The summed E-state index contributed by atoms with van der Waals surface area (Å²) in [6.07, 6.45) is 0.741. The zero-order valence-corrected chi connectivity index (χ0v) is 11.5. The molecule has 20 heavy (non-hydrogen) atoms. The van der Waals surface area contributed by atoms with Gasteiger partial charge in [-0.15, -0.1) is 0 Å². The summed E-state index contributed by atoms with van der Waals surface area (Å²) in [5, 5.41) is 0.0397. The third-order valence-corrected chi connectivity index (χ3v) is 3.03. The van der Waals surface area contributed by atoms with Crippen molar-refractivity contribution in [3.63, 3.8) is 0 Å². The van der Waals surface area contributed by atoms with Crippen molar-refractivity contribution in [2.45, 2.75) is 6.61 Å². The van der Waals surface area contributed by atoms with E-state index >= 15 is 0 Å². The van der Waals surface area contributed by atoms with Crippen molar-refractivity contribution < 1.29 is 18.7 Å². The maximum atomic E-state index is 13.3. The van der Waals surface area contributed by atoms with E-state index in [2.05, 4.69) is 0 Å². The number of rotatable bonds is 5. The summed E-state index contributed by atoms with van der Waals surface area (Å²) < 4.78 is 23.9. The second kappa shape index (κ2) is 6.39. The Labute approximate surface area is 120 Å². The molecule has 0 N–H and O–H groups in total. The van der Waals surface area contributed by atoms with Crippen molar-refractivity contribution in [3.8, 4) is 11.5 Å². The van der Waals surface area contributed by atoms with Crippen molar-refractivity contribution in [1.82, 2.24) is 0 Å². The molecule has 2 rings (SSSR count). The predicted octanol–water partition coefficient (Wildman–Crippen LogP) is 3.88. The lowest BCUT2D eigenvalue weighted by atomic mass is 10.1. The molecule has 0 heterocycles. The molecule has 5 heteroatoms. The number of benzene rings is 2. The molecule has 0 spiro atoms. The number of methoxy groups -OCH3 is 1. The van der Waals surface area contributed by atoms with Gasteiger partial charge in [0.05, 0.1) is 12.1 Å². The van der Waals surface area contributed by atoms with Crippen LogP contribution < -0.4 is 9.47 Å².